The van der Waals surface area contributed by atoms with E-state index in [-0.39, 0.29) is 26.1 Å². The van der Waals surface area contributed by atoms with Crippen molar-refractivity contribution in [1.82, 2.24) is 0 Å². The summed E-state index contributed by atoms with van der Waals surface area (Å²) in [5.41, 5.74) is 0. The van der Waals surface area contributed by atoms with Crippen LogP contribution < -0.4 is 0 Å². The minimum absolute atomic E-state index is 0.0283. The van der Waals surface area contributed by atoms with E-state index < -0.39 is 32.5 Å². The minimum atomic E-state index is -4.38. The Bertz CT molecular complexity index is 1070. The van der Waals surface area contributed by atoms with Crippen molar-refractivity contribution < 1.29 is 42.1 Å². The Morgan fingerprint density at radius 2 is 0.883 bits per heavy atom. The monoisotopic (exact) mass is 871 g/mol. The Morgan fingerprint density at radius 3 is 1.33 bits per heavy atom. The van der Waals surface area contributed by atoms with Crippen molar-refractivity contribution >= 4 is 19.8 Å². The lowest BCUT2D eigenvalue weighted by atomic mass is 10.0. The Morgan fingerprint density at radius 1 is 0.500 bits per heavy atom. The zero-order valence-corrected chi connectivity index (χ0v) is 40.9. The van der Waals surface area contributed by atoms with Gasteiger partial charge < -0.3 is 18.9 Å². The van der Waals surface area contributed by atoms with Crippen molar-refractivity contribution in [2.45, 2.75) is 238 Å². The van der Waals surface area contributed by atoms with Crippen LogP contribution in [0, 0.1) is 0 Å². The highest BCUT2D eigenvalue weighted by molar-refractivity contribution is 7.47. The van der Waals surface area contributed by atoms with Gasteiger partial charge >= 0.3 is 19.8 Å². The fourth-order valence-corrected chi connectivity index (χ4v) is 7.78. The topological polar surface area (TPSA) is 108 Å². The van der Waals surface area contributed by atoms with E-state index in [9.17, 15) is 19.0 Å². The maximum Gasteiger partial charge on any atom is 0.472 e. The van der Waals surface area contributed by atoms with Crippen LogP contribution in [0.2, 0.25) is 0 Å². The van der Waals surface area contributed by atoms with Gasteiger partial charge in [-0.05, 0) is 44.9 Å². The average Bonchev–Trinajstić information content (AvgIpc) is 3.20. The number of likely N-dealkylation sites (N-methyl/N-ethyl adjacent to an activating group) is 1. The Kier molecular flexibility index (Phi) is 41.7. The number of esters is 2. The first kappa shape index (κ1) is 58.5. The number of phosphoric ester groups is 1. The van der Waals surface area contributed by atoms with E-state index in [4.69, 9.17) is 18.5 Å². The molecule has 354 valence electrons. The van der Waals surface area contributed by atoms with Crippen LogP contribution in [0.1, 0.15) is 232 Å². The number of unbranched alkanes of at least 4 members (excludes halogenated alkanes) is 28. The summed E-state index contributed by atoms with van der Waals surface area (Å²) in [6, 6.07) is 0. The molecule has 0 amide bonds. The maximum absolute atomic E-state index is 12.7. The highest BCUT2D eigenvalue weighted by Gasteiger charge is 2.27. The first-order valence-corrected chi connectivity index (χ1v) is 26.6. The van der Waals surface area contributed by atoms with Crippen molar-refractivity contribution in [2.24, 2.45) is 0 Å². The van der Waals surface area contributed by atoms with Crippen molar-refractivity contribution in [3.63, 3.8) is 0 Å². The summed E-state index contributed by atoms with van der Waals surface area (Å²) in [5.74, 6) is -0.838. The SMILES string of the molecule is CCCCCCCCCCCCCCCC/C=C/CC/C=C/CCCC(=O)OC[C@@H](COP(=O)(O)OCC[N+](C)(C)C)OC(=O)CCCCCCCCCCCCCCC. The quantitative estimate of drug-likeness (QED) is 0.0212. The first-order valence-electron chi connectivity index (χ1n) is 25.1. The zero-order chi connectivity index (χ0) is 44.3. The van der Waals surface area contributed by atoms with Gasteiger partial charge in [0.05, 0.1) is 27.7 Å². The molecule has 1 N–H and O–H groups in total. The molecule has 0 fully saturated rings. The predicted octanol–water partition coefficient (Wildman–Crippen LogP) is 14.7. The molecule has 0 spiro atoms. The third kappa shape index (κ3) is 46.0. The molecule has 2 atom stereocenters. The number of ether oxygens (including phenoxy) is 2. The van der Waals surface area contributed by atoms with E-state index in [0.717, 1.165) is 32.1 Å². The molecule has 0 rings (SSSR count). The van der Waals surface area contributed by atoms with Gasteiger partial charge in [-0.15, -0.1) is 0 Å². The molecule has 0 aromatic carbocycles. The molecular formula is C50H97NO8P+. The normalized spacial score (nSPS) is 13.6. The van der Waals surface area contributed by atoms with E-state index in [1.54, 1.807) is 0 Å². The third-order valence-corrected chi connectivity index (χ3v) is 11.9. The summed E-state index contributed by atoms with van der Waals surface area (Å²) in [4.78, 5) is 35.4. The van der Waals surface area contributed by atoms with Crippen LogP contribution in [0.3, 0.4) is 0 Å². The largest absolute Gasteiger partial charge is 0.472 e. The van der Waals surface area contributed by atoms with Gasteiger partial charge in [-0.25, -0.2) is 4.57 Å². The summed E-state index contributed by atoms with van der Waals surface area (Å²) in [7, 11) is 1.47. The third-order valence-electron chi connectivity index (χ3n) is 11.0. The van der Waals surface area contributed by atoms with Gasteiger partial charge in [-0.1, -0.05) is 199 Å². The number of phosphoric acid groups is 1. The van der Waals surface area contributed by atoms with Crippen molar-refractivity contribution in [3.8, 4) is 0 Å². The second-order valence-electron chi connectivity index (χ2n) is 18.2. The fourth-order valence-electron chi connectivity index (χ4n) is 7.04. The summed E-state index contributed by atoms with van der Waals surface area (Å²) in [6.45, 7) is 4.41. The molecule has 10 heteroatoms. The zero-order valence-electron chi connectivity index (χ0n) is 40.0. The second kappa shape index (κ2) is 42.8. The van der Waals surface area contributed by atoms with E-state index in [2.05, 4.69) is 38.2 Å². The summed E-state index contributed by atoms with van der Waals surface area (Å²) >= 11 is 0. The number of carbonyl (C=O) groups excluding carboxylic acids is 2. The van der Waals surface area contributed by atoms with Gasteiger partial charge in [0, 0.05) is 12.8 Å². The molecule has 0 saturated heterocycles. The number of hydrogen-bond donors (Lipinski definition) is 1. The number of carbonyl (C=O) groups is 2. The molecule has 0 bridgehead atoms. The van der Waals surface area contributed by atoms with E-state index >= 15 is 0 Å². The molecule has 0 aliphatic rings. The highest BCUT2D eigenvalue weighted by atomic mass is 31.2. The number of hydrogen-bond acceptors (Lipinski definition) is 7. The second-order valence-corrected chi connectivity index (χ2v) is 19.6. The number of allylic oxidation sites excluding steroid dienone is 4. The molecule has 0 aromatic rings. The number of nitrogens with zero attached hydrogens (tertiary/aromatic N) is 1. The van der Waals surface area contributed by atoms with Gasteiger partial charge in [-0.2, -0.15) is 0 Å². The highest BCUT2D eigenvalue weighted by Crippen LogP contribution is 2.43. The molecule has 0 heterocycles. The van der Waals surface area contributed by atoms with Gasteiger partial charge in [0.2, 0.25) is 0 Å². The van der Waals surface area contributed by atoms with Crippen molar-refractivity contribution in [3.05, 3.63) is 24.3 Å². The van der Waals surface area contributed by atoms with Crippen LogP contribution in [0.5, 0.6) is 0 Å². The molecule has 9 nitrogen and oxygen atoms in total. The van der Waals surface area contributed by atoms with Crippen molar-refractivity contribution in [2.75, 3.05) is 47.5 Å². The molecule has 0 aromatic heterocycles. The van der Waals surface area contributed by atoms with Gasteiger partial charge in [-0.3, -0.25) is 18.6 Å². The van der Waals surface area contributed by atoms with Gasteiger partial charge in [0.1, 0.15) is 19.8 Å². The number of rotatable bonds is 46. The van der Waals surface area contributed by atoms with E-state index in [1.807, 2.05) is 21.1 Å². The molecule has 0 radical (unpaired) electrons. The lowest BCUT2D eigenvalue weighted by Gasteiger charge is -2.24. The molecule has 0 saturated carbocycles. The van der Waals surface area contributed by atoms with E-state index in [0.29, 0.717) is 23.9 Å². The molecule has 60 heavy (non-hydrogen) atoms. The predicted molar refractivity (Wildman–Crippen MR) is 252 cm³/mol. The van der Waals surface area contributed by atoms with Gasteiger partial charge in [0.15, 0.2) is 6.10 Å². The van der Waals surface area contributed by atoms with Crippen LogP contribution in [0.25, 0.3) is 0 Å². The molecular weight excluding hydrogens is 774 g/mol. The fraction of sp³-hybridized carbons (Fsp3) is 0.880. The Hall–Kier alpha value is -1.51. The molecule has 0 aliphatic heterocycles. The summed E-state index contributed by atoms with van der Waals surface area (Å²) < 4.78 is 34.3. The van der Waals surface area contributed by atoms with Crippen molar-refractivity contribution in [1.29, 1.82) is 0 Å². The average molecular weight is 871 g/mol. The lowest BCUT2D eigenvalue weighted by molar-refractivity contribution is -0.870. The molecule has 0 aliphatic carbocycles. The lowest BCUT2D eigenvalue weighted by Crippen LogP contribution is -2.37. The minimum Gasteiger partial charge on any atom is -0.462 e. The van der Waals surface area contributed by atoms with Gasteiger partial charge in [0.25, 0.3) is 0 Å². The number of quaternary nitrogens is 1. The van der Waals surface area contributed by atoms with Crippen LogP contribution >= 0.6 is 7.82 Å². The summed E-state index contributed by atoms with van der Waals surface area (Å²) in [5, 5.41) is 0. The smallest absolute Gasteiger partial charge is 0.462 e. The van der Waals surface area contributed by atoms with Crippen LogP contribution in [-0.4, -0.2) is 74.9 Å². The Balaban J connectivity index is 4.25. The van der Waals surface area contributed by atoms with Crippen LogP contribution in [0.4, 0.5) is 0 Å². The summed E-state index contributed by atoms with van der Waals surface area (Å²) in [6.07, 6.45) is 48.2. The van der Waals surface area contributed by atoms with Crippen LogP contribution in [-0.2, 0) is 32.7 Å². The van der Waals surface area contributed by atoms with Crippen LogP contribution in [0.15, 0.2) is 24.3 Å². The molecule has 1 unspecified atom stereocenters. The first-order chi connectivity index (χ1) is 29.0. The Labute approximate surface area is 370 Å². The standard InChI is InChI=1S/C50H96NO8P/c1-6-8-10-12-14-16-18-20-21-22-23-24-25-26-27-28-29-31-32-34-36-38-40-42-49(52)56-46-48(47-58-60(54,55)57-45-44-51(3,4)5)59-50(53)43-41-39-37-35-33-30-19-17-15-13-11-9-7-2/h28-29,34,36,48H,6-27,30-33,35,37-47H2,1-5H3/p+1/b29-28+,36-34+/t48-/m0/s1. The van der Waals surface area contributed by atoms with E-state index in [1.165, 1.54) is 161 Å². The maximum atomic E-state index is 12.7.